The van der Waals surface area contributed by atoms with E-state index in [2.05, 4.69) is 26.0 Å². The van der Waals surface area contributed by atoms with Gasteiger partial charge < -0.3 is 4.74 Å². The Bertz CT molecular complexity index is 1420. The van der Waals surface area contributed by atoms with Gasteiger partial charge in [-0.1, -0.05) is 13.8 Å². The number of ether oxygens (including phenoxy) is 1. The van der Waals surface area contributed by atoms with Gasteiger partial charge >= 0.3 is 0 Å². The van der Waals surface area contributed by atoms with Crippen molar-refractivity contribution in [3.63, 3.8) is 0 Å². The predicted octanol–water partition coefficient (Wildman–Crippen LogP) is 6.24. The fraction of sp³-hybridized carbons (Fsp3) is 0.250. The summed E-state index contributed by atoms with van der Waals surface area (Å²) in [6.45, 7) is 10.1. The first kappa shape index (κ1) is 24.0. The van der Waals surface area contributed by atoms with Crippen LogP contribution in [0.3, 0.4) is 0 Å². The van der Waals surface area contributed by atoms with Crippen molar-refractivity contribution < 1.29 is 9.13 Å². The van der Waals surface area contributed by atoms with Gasteiger partial charge in [-0.2, -0.15) is 5.26 Å². The maximum Gasteiger partial charge on any atom is 0.141 e. The largest absolute Gasteiger partial charge is 0.487 e. The van der Waals surface area contributed by atoms with Crippen LogP contribution in [0.5, 0.6) is 5.75 Å². The first-order chi connectivity index (χ1) is 16.8. The number of hydrogen-bond donors (Lipinski definition) is 0. The molecule has 0 amide bonds. The number of hydrogen-bond acceptors (Lipinski definition) is 6. The number of benzene rings is 1. The lowest BCUT2D eigenvalue weighted by Crippen LogP contribution is -2.04. The van der Waals surface area contributed by atoms with Crippen LogP contribution in [0.15, 0.2) is 48.9 Å². The number of nitrogens with zero attached hydrogens (tertiary/aromatic N) is 5. The minimum atomic E-state index is -0.397. The third kappa shape index (κ3) is 5.02. The lowest BCUT2D eigenvalue weighted by molar-refractivity contribution is 0.298. The molecule has 6 nitrogen and oxygen atoms in total. The van der Waals surface area contributed by atoms with E-state index in [1.165, 1.54) is 6.07 Å². The number of aromatic nitrogens is 4. The lowest BCUT2D eigenvalue weighted by atomic mass is 9.89. The van der Waals surface area contributed by atoms with Gasteiger partial charge in [-0.05, 0) is 67.8 Å². The van der Waals surface area contributed by atoms with Crippen LogP contribution in [-0.2, 0) is 6.61 Å². The van der Waals surface area contributed by atoms with E-state index < -0.39 is 5.82 Å². The lowest BCUT2D eigenvalue weighted by Gasteiger charge is -2.18. The third-order valence-electron chi connectivity index (χ3n) is 5.84. The van der Waals surface area contributed by atoms with E-state index in [1.807, 2.05) is 59.0 Å². The molecule has 0 atom stereocenters. The van der Waals surface area contributed by atoms with Crippen molar-refractivity contribution in [1.29, 1.82) is 5.26 Å². The van der Waals surface area contributed by atoms with Crippen LogP contribution in [0.25, 0.3) is 22.5 Å². The van der Waals surface area contributed by atoms with E-state index >= 15 is 0 Å². The molecule has 0 fully saturated rings. The predicted molar refractivity (Wildman–Crippen MR) is 132 cm³/mol. The Morgan fingerprint density at radius 2 is 1.77 bits per heavy atom. The van der Waals surface area contributed by atoms with Gasteiger partial charge in [0, 0.05) is 29.4 Å². The second-order valence-electron chi connectivity index (χ2n) is 8.77. The molecule has 0 unspecified atom stereocenters. The summed E-state index contributed by atoms with van der Waals surface area (Å²) in [5.74, 6) is 1.16. The molecule has 3 aromatic heterocycles. The van der Waals surface area contributed by atoms with Gasteiger partial charge in [0.1, 0.15) is 30.1 Å². The maximum atomic E-state index is 13.1. The zero-order chi connectivity index (χ0) is 25.1. The molecule has 0 aliphatic rings. The Balaban J connectivity index is 1.75. The molecule has 0 saturated carbocycles. The maximum absolute atomic E-state index is 13.1. The van der Waals surface area contributed by atoms with Crippen LogP contribution in [0.2, 0.25) is 0 Å². The molecule has 0 N–H and O–H groups in total. The summed E-state index contributed by atoms with van der Waals surface area (Å²) < 4.78 is 19.1. The monoisotopic (exact) mass is 467 g/mol. The van der Waals surface area contributed by atoms with E-state index in [4.69, 9.17) is 4.74 Å². The van der Waals surface area contributed by atoms with Crippen LogP contribution in [0.4, 0.5) is 4.39 Å². The number of nitriles is 1. The average molecular weight is 468 g/mol. The SMILES string of the molecule is Cc1cnc(-c2ccnc(C(C)C)n2)cc1-c1c(C)cc(OCc2ccc(F)cn2)c(C)c1C#N. The number of rotatable bonds is 6. The van der Waals surface area contributed by atoms with Gasteiger partial charge in [0.2, 0.25) is 0 Å². The Labute approximate surface area is 204 Å². The second kappa shape index (κ2) is 9.98. The molecule has 4 aromatic rings. The summed E-state index contributed by atoms with van der Waals surface area (Å²) in [7, 11) is 0. The molecule has 0 saturated heterocycles. The first-order valence-electron chi connectivity index (χ1n) is 11.4. The van der Waals surface area contributed by atoms with Gasteiger partial charge in [0.05, 0.1) is 28.8 Å². The van der Waals surface area contributed by atoms with E-state index in [0.717, 1.165) is 51.2 Å². The highest BCUT2D eigenvalue weighted by Crippen LogP contribution is 2.37. The molecule has 0 radical (unpaired) electrons. The van der Waals surface area contributed by atoms with Crippen molar-refractivity contribution in [2.24, 2.45) is 0 Å². The normalized spacial score (nSPS) is 10.9. The van der Waals surface area contributed by atoms with Crippen LogP contribution >= 0.6 is 0 Å². The van der Waals surface area contributed by atoms with E-state index in [9.17, 15) is 9.65 Å². The standard InChI is InChI=1S/C28H26FN5O/c1-16(2)28-31-9-8-24(34-28)25-11-22(18(4)13-33-25)27-17(3)10-26(19(5)23(27)12-30)35-15-21-7-6-20(29)14-32-21/h6-11,13-14,16H,15H2,1-5H3. The van der Waals surface area contributed by atoms with Crippen LogP contribution in [0, 0.1) is 37.9 Å². The zero-order valence-corrected chi connectivity index (χ0v) is 20.4. The average Bonchev–Trinajstić information content (AvgIpc) is 2.85. The topological polar surface area (TPSA) is 84.6 Å². The Hall–Kier alpha value is -4.18. The third-order valence-corrected chi connectivity index (χ3v) is 5.84. The van der Waals surface area contributed by atoms with E-state index in [1.54, 1.807) is 12.3 Å². The first-order valence-corrected chi connectivity index (χ1v) is 11.4. The molecule has 0 spiro atoms. The van der Waals surface area contributed by atoms with Gasteiger partial charge in [-0.25, -0.2) is 14.4 Å². The molecule has 1 aromatic carbocycles. The Morgan fingerprint density at radius 3 is 2.46 bits per heavy atom. The molecule has 176 valence electrons. The fourth-order valence-electron chi connectivity index (χ4n) is 3.89. The molecule has 0 aliphatic heterocycles. The molecule has 0 aliphatic carbocycles. The van der Waals surface area contributed by atoms with E-state index in [-0.39, 0.29) is 12.5 Å². The molecule has 7 heteroatoms. The van der Waals surface area contributed by atoms with Gasteiger partial charge in [-0.15, -0.1) is 0 Å². The molecule has 3 heterocycles. The molecule has 4 rings (SSSR count). The number of pyridine rings is 2. The highest BCUT2D eigenvalue weighted by atomic mass is 19.1. The summed E-state index contributed by atoms with van der Waals surface area (Å²) in [6.07, 6.45) is 4.71. The summed E-state index contributed by atoms with van der Waals surface area (Å²) in [6, 6.07) is 11.0. The Kier molecular flexibility index (Phi) is 6.83. The van der Waals surface area contributed by atoms with Gasteiger partial charge in [0.25, 0.3) is 0 Å². The highest BCUT2D eigenvalue weighted by molar-refractivity contribution is 5.81. The molecular weight excluding hydrogens is 441 g/mol. The smallest absolute Gasteiger partial charge is 0.141 e. The van der Waals surface area contributed by atoms with E-state index in [0.29, 0.717) is 17.0 Å². The van der Waals surface area contributed by atoms with Crippen molar-refractivity contribution in [3.8, 4) is 34.3 Å². The van der Waals surface area contributed by atoms with Crippen LogP contribution in [0.1, 0.15) is 53.5 Å². The van der Waals surface area contributed by atoms with Crippen molar-refractivity contribution in [2.45, 2.75) is 47.1 Å². The quantitative estimate of drug-likeness (QED) is 0.334. The second-order valence-corrected chi connectivity index (χ2v) is 8.77. The Morgan fingerprint density at radius 1 is 0.971 bits per heavy atom. The highest BCUT2D eigenvalue weighted by Gasteiger charge is 2.19. The minimum absolute atomic E-state index is 0.176. The van der Waals surface area contributed by atoms with Gasteiger partial charge in [0.15, 0.2) is 0 Å². The minimum Gasteiger partial charge on any atom is -0.487 e. The van der Waals surface area contributed by atoms with Crippen molar-refractivity contribution in [3.05, 3.63) is 88.5 Å². The molecule has 0 bridgehead atoms. The van der Waals surface area contributed by atoms with Crippen molar-refractivity contribution in [1.82, 2.24) is 19.9 Å². The summed E-state index contributed by atoms with van der Waals surface area (Å²) >= 11 is 0. The zero-order valence-electron chi connectivity index (χ0n) is 20.4. The van der Waals surface area contributed by atoms with Crippen LogP contribution < -0.4 is 4.74 Å². The summed E-state index contributed by atoms with van der Waals surface area (Å²) in [4.78, 5) is 17.7. The number of halogens is 1. The van der Waals surface area contributed by atoms with Crippen molar-refractivity contribution >= 4 is 0 Å². The van der Waals surface area contributed by atoms with Gasteiger partial charge in [-0.3, -0.25) is 9.97 Å². The molecular formula is C28H26FN5O. The molecule has 35 heavy (non-hydrogen) atoms. The summed E-state index contributed by atoms with van der Waals surface area (Å²) in [5, 5.41) is 10.1. The van der Waals surface area contributed by atoms with Crippen molar-refractivity contribution in [2.75, 3.05) is 0 Å². The fourth-order valence-corrected chi connectivity index (χ4v) is 3.89. The summed E-state index contributed by atoms with van der Waals surface area (Å²) in [5.41, 5.74) is 6.96. The number of aryl methyl sites for hydroxylation is 2. The van der Waals surface area contributed by atoms with Crippen LogP contribution in [-0.4, -0.2) is 19.9 Å².